The highest BCUT2D eigenvalue weighted by atomic mass is 16.2. The van der Waals surface area contributed by atoms with Crippen molar-refractivity contribution in [2.75, 3.05) is 23.7 Å². The van der Waals surface area contributed by atoms with Crippen LogP contribution in [0, 0.1) is 18.3 Å². The number of fused-ring (bicyclic) bond motifs is 2. The third-order valence-electron chi connectivity index (χ3n) is 6.82. The SMILES string of the molecule is C=C(N=CC=C(C=N)C(=O)Nc1cc(NC(=O)CN2CC3CCC2C3)cnc1C)/C(C=C(C)C)=C/C=C/CC. The van der Waals surface area contributed by atoms with Crippen molar-refractivity contribution in [3.8, 4) is 0 Å². The molecule has 206 valence electrons. The molecule has 0 radical (unpaired) electrons. The summed E-state index contributed by atoms with van der Waals surface area (Å²) in [6.45, 7) is 13.2. The van der Waals surface area contributed by atoms with Gasteiger partial charge in [0, 0.05) is 25.0 Å². The lowest BCUT2D eigenvalue weighted by Gasteiger charge is -2.25. The molecule has 1 aliphatic heterocycles. The molecule has 0 spiro atoms. The first-order chi connectivity index (χ1) is 18.7. The van der Waals surface area contributed by atoms with Gasteiger partial charge in [-0.15, -0.1) is 0 Å². The van der Waals surface area contributed by atoms with Gasteiger partial charge >= 0.3 is 0 Å². The number of amides is 2. The second kappa shape index (κ2) is 14.3. The fourth-order valence-electron chi connectivity index (χ4n) is 4.85. The van der Waals surface area contributed by atoms with Crippen LogP contribution in [0.4, 0.5) is 11.4 Å². The standard InChI is InChI=1S/C31H40N6O2/c1-6-7-8-9-25(14-21(2)3)22(4)33-13-12-26(17-32)31(39)36-29-16-27(18-34-23(29)5)35-30(38)20-37-19-24-10-11-28(37)15-24/h7-9,12-14,16-18,24,28,32H,4,6,10-11,15,19-20H2,1-3,5H3,(H,35,38)(H,36,39)/b8-7+,25-9+,26-12?,32-17?,33-13?. The van der Waals surface area contributed by atoms with Gasteiger partial charge in [0.2, 0.25) is 5.91 Å². The molecule has 0 aromatic carbocycles. The monoisotopic (exact) mass is 528 g/mol. The molecule has 1 aromatic heterocycles. The first-order valence-corrected chi connectivity index (χ1v) is 13.5. The van der Waals surface area contributed by atoms with E-state index in [-0.39, 0.29) is 11.5 Å². The molecule has 2 atom stereocenters. The molecule has 39 heavy (non-hydrogen) atoms. The first-order valence-electron chi connectivity index (χ1n) is 13.5. The van der Waals surface area contributed by atoms with E-state index in [1.807, 2.05) is 38.2 Å². The van der Waals surface area contributed by atoms with E-state index >= 15 is 0 Å². The van der Waals surface area contributed by atoms with Crippen LogP contribution in [0.25, 0.3) is 0 Å². The average Bonchev–Trinajstić information content (AvgIpc) is 3.51. The van der Waals surface area contributed by atoms with Crippen LogP contribution >= 0.6 is 0 Å². The van der Waals surface area contributed by atoms with Crippen molar-refractivity contribution in [2.45, 2.75) is 59.4 Å². The third kappa shape index (κ3) is 8.82. The minimum atomic E-state index is -0.477. The van der Waals surface area contributed by atoms with Gasteiger partial charge in [0.1, 0.15) is 0 Å². The molecular formula is C31H40N6O2. The molecule has 2 amide bonds. The number of piperidine rings is 1. The lowest BCUT2D eigenvalue weighted by atomic mass is 10.1. The highest BCUT2D eigenvalue weighted by Gasteiger charge is 2.38. The number of carbonyl (C=O) groups is 2. The Balaban J connectivity index is 1.64. The Labute approximate surface area is 231 Å². The molecule has 8 nitrogen and oxygen atoms in total. The van der Waals surface area contributed by atoms with E-state index in [0.717, 1.165) is 36.2 Å². The molecule has 8 heteroatoms. The molecule has 2 aliphatic rings. The molecule has 1 aromatic rings. The average molecular weight is 529 g/mol. The number of allylic oxidation sites excluding steroid dienone is 6. The van der Waals surface area contributed by atoms with E-state index in [4.69, 9.17) is 5.41 Å². The van der Waals surface area contributed by atoms with E-state index in [1.54, 1.807) is 19.2 Å². The lowest BCUT2D eigenvalue weighted by molar-refractivity contribution is -0.117. The van der Waals surface area contributed by atoms with Crippen LogP contribution in [0.3, 0.4) is 0 Å². The molecule has 2 unspecified atom stereocenters. The van der Waals surface area contributed by atoms with Crippen LogP contribution in [-0.2, 0) is 9.59 Å². The lowest BCUT2D eigenvalue weighted by Crippen LogP contribution is -2.38. The Kier molecular flexibility index (Phi) is 10.9. The molecule has 2 bridgehead atoms. The van der Waals surface area contributed by atoms with Gasteiger partial charge in [-0.25, -0.2) is 0 Å². The fourth-order valence-corrected chi connectivity index (χ4v) is 4.85. The highest BCUT2D eigenvalue weighted by Crippen LogP contribution is 2.37. The molecular weight excluding hydrogens is 488 g/mol. The number of nitrogens with one attached hydrogen (secondary N) is 3. The zero-order chi connectivity index (χ0) is 28.4. The number of carbonyl (C=O) groups excluding carboxylic acids is 2. The normalized spacial score (nSPS) is 19.5. The van der Waals surface area contributed by atoms with Crippen molar-refractivity contribution in [3.05, 3.63) is 77.3 Å². The Morgan fingerprint density at radius 1 is 1.23 bits per heavy atom. The number of aryl methyl sites for hydroxylation is 1. The number of pyridine rings is 1. The van der Waals surface area contributed by atoms with Gasteiger partial charge in [0.05, 0.1) is 41.1 Å². The van der Waals surface area contributed by atoms with Gasteiger partial charge < -0.3 is 16.0 Å². The van der Waals surface area contributed by atoms with Crippen molar-refractivity contribution in [3.63, 3.8) is 0 Å². The van der Waals surface area contributed by atoms with E-state index in [0.29, 0.717) is 35.4 Å². The summed E-state index contributed by atoms with van der Waals surface area (Å²) in [6, 6.07) is 2.21. The smallest absolute Gasteiger partial charge is 0.257 e. The van der Waals surface area contributed by atoms with Gasteiger partial charge in [0.15, 0.2) is 0 Å². The summed E-state index contributed by atoms with van der Waals surface area (Å²) < 4.78 is 0. The predicted molar refractivity (Wildman–Crippen MR) is 160 cm³/mol. The number of likely N-dealkylation sites (tertiary alicyclic amines) is 1. The van der Waals surface area contributed by atoms with Crippen LogP contribution in [0.2, 0.25) is 0 Å². The summed E-state index contributed by atoms with van der Waals surface area (Å²) in [5.41, 5.74) is 4.21. The van der Waals surface area contributed by atoms with E-state index in [9.17, 15) is 9.59 Å². The summed E-state index contributed by atoms with van der Waals surface area (Å²) in [5, 5.41) is 13.4. The van der Waals surface area contributed by atoms with Crippen molar-refractivity contribution >= 4 is 35.6 Å². The van der Waals surface area contributed by atoms with E-state index in [2.05, 4.69) is 39.0 Å². The third-order valence-corrected chi connectivity index (χ3v) is 6.82. The van der Waals surface area contributed by atoms with Crippen molar-refractivity contribution in [1.29, 1.82) is 5.41 Å². The maximum absolute atomic E-state index is 12.9. The quantitative estimate of drug-likeness (QED) is 0.182. The number of nitrogens with zero attached hydrogens (tertiary/aromatic N) is 3. The van der Waals surface area contributed by atoms with Crippen LogP contribution in [0.15, 0.2) is 76.6 Å². The molecule has 3 rings (SSSR count). The van der Waals surface area contributed by atoms with Gasteiger partial charge in [-0.3, -0.25) is 24.5 Å². The zero-order valence-electron chi connectivity index (χ0n) is 23.5. The van der Waals surface area contributed by atoms with Crippen LogP contribution in [0.1, 0.15) is 52.1 Å². The fraction of sp³-hybridized carbons (Fsp3) is 0.387. The van der Waals surface area contributed by atoms with Gasteiger partial charge in [0.25, 0.3) is 5.91 Å². The molecule has 1 saturated carbocycles. The molecule has 3 N–H and O–H groups in total. The molecule has 1 aliphatic carbocycles. The number of hydrogen-bond donors (Lipinski definition) is 3. The summed E-state index contributed by atoms with van der Waals surface area (Å²) in [6.07, 6.45) is 18.0. The Hall–Kier alpha value is -3.91. The maximum atomic E-state index is 12.9. The van der Waals surface area contributed by atoms with Gasteiger partial charge in [-0.2, -0.15) is 0 Å². The van der Waals surface area contributed by atoms with E-state index in [1.165, 1.54) is 31.6 Å². The van der Waals surface area contributed by atoms with Crippen LogP contribution in [0.5, 0.6) is 0 Å². The topological polar surface area (TPSA) is 111 Å². The second-order valence-corrected chi connectivity index (χ2v) is 10.3. The largest absolute Gasteiger partial charge is 0.324 e. The minimum absolute atomic E-state index is 0.0892. The number of anilines is 2. The van der Waals surface area contributed by atoms with Crippen molar-refractivity contribution in [1.82, 2.24) is 9.88 Å². The summed E-state index contributed by atoms with van der Waals surface area (Å²) in [7, 11) is 0. The Morgan fingerprint density at radius 2 is 2.03 bits per heavy atom. The number of rotatable bonds is 12. The number of aromatic nitrogens is 1. The summed E-state index contributed by atoms with van der Waals surface area (Å²) in [5.74, 6) is 0.159. The number of aliphatic imine (C=N–C) groups is 1. The minimum Gasteiger partial charge on any atom is -0.324 e. The maximum Gasteiger partial charge on any atom is 0.257 e. The van der Waals surface area contributed by atoms with Gasteiger partial charge in [-0.1, -0.05) is 43.4 Å². The van der Waals surface area contributed by atoms with E-state index < -0.39 is 5.91 Å². The van der Waals surface area contributed by atoms with Crippen molar-refractivity contribution < 1.29 is 9.59 Å². The van der Waals surface area contributed by atoms with Crippen LogP contribution < -0.4 is 10.6 Å². The zero-order valence-corrected chi connectivity index (χ0v) is 23.5. The highest BCUT2D eigenvalue weighted by molar-refractivity contribution is 6.19. The molecule has 2 heterocycles. The second-order valence-electron chi connectivity index (χ2n) is 10.3. The van der Waals surface area contributed by atoms with Gasteiger partial charge in [-0.05, 0) is 70.1 Å². The predicted octanol–water partition coefficient (Wildman–Crippen LogP) is 5.77. The molecule has 2 fully saturated rings. The first kappa shape index (κ1) is 29.6. The Morgan fingerprint density at radius 3 is 2.67 bits per heavy atom. The Bertz CT molecular complexity index is 1250. The molecule has 1 saturated heterocycles. The van der Waals surface area contributed by atoms with Crippen molar-refractivity contribution in [2.24, 2.45) is 10.9 Å². The summed E-state index contributed by atoms with van der Waals surface area (Å²) in [4.78, 5) is 36.5. The number of hydrogen-bond acceptors (Lipinski definition) is 6. The summed E-state index contributed by atoms with van der Waals surface area (Å²) >= 11 is 0. The van der Waals surface area contributed by atoms with Crippen LogP contribution in [-0.4, -0.2) is 53.3 Å².